The summed E-state index contributed by atoms with van der Waals surface area (Å²) in [7, 11) is 1.54. The van der Waals surface area contributed by atoms with Gasteiger partial charge in [-0.1, -0.05) is 0 Å². The number of nitrogens with zero attached hydrogens (tertiary/aromatic N) is 2. The highest BCUT2D eigenvalue weighted by molar-refractivity contribution is 5.46. The van der Waals surface area contributed by atoms with Crippen LogP contribution in [0.25, 0.3) is 0 Å². The van der Waals surface area contributed by atoms with Crippen LogP contribution in [0.1, 0.15) is 13.8 Å². The van der Waals surface area contributed by atoms with Crippen molar-refractivity contribution in [3.05, 3.63) is 17.7 Å². The molecular formula is C10H15F2N3O. The molecule has 0 unspecified atom stereocenters. The minimum Gasteiger partial charge on any atom is -0.389 e. The lowest BCUT2D eigenvalue weighted by Crippen LogP contribution is -2.37. The maximum Gasteiger partial charge on any atom is 0.168 e. The van der Waals surface area contributed by atoms with Crippen LogP contribution in [0, 0.1) is 11.6 Å². The van der Waals surface area contributed by atoms with E-state index in [0.29, 0.717) is 6.07 Å². The number of halogens is 2. The summed E-state index contributed by atoms with van der Waals surface area (Å²) >= 11 is 0. The van der Waals surface area contributed by atoms with Gasteiger partial charge >= 0.3 is 0 Å². The van der Waals surface area contributed by atoms with E-state index in [-0.39, 0.29) is 18.2 Å². The molecule has 6 heteroatoms. The largest absolute Gasteiger partial charge is 0.389 e. The molecule has 1 aromatic rings. The van der Waals surface area contributed by atoms with Gasteiger partial charge in [0.2, 0.25) is 0 Å². The zero-order chi connectivity index (χ0) is 12.5. The van der Waals surface area contributed by atoms with Gasteiger partial charge in [-0.3, -0.25) is 0 Å². The molecule has 1 heterocycles. The Morgan fingerprint density at radius 2 is 2.00 bits per heavy atom. The van der Waals surface area contributed by atoms with Crippen LogP contribution >= 0.6 is 0 Å². The quantitative estimate of drug-likeness (QED) is 0.819. The fourth-order valence-electron chi connectivity index (χ4n) is 1.39. The van der Waals surface area contributed by atoms with Crippen LogP contribution in [0.2, 0.25) is 0 Å². The predicted molar refractivity (Wildman–Crippen MR) is 58.1 cm³/mol. The van der Waals surface area contributed by atoms with E-state index in [1.165, 1.54) is 4.90 Å². The molecule has 90 valence electrons. The number of likely N-dealkylation sites (N-methyl/N-ethyl adjacent to an activating group) is 1. The Morgan fingerprint density at radius 3 is 2.50 bits per heavy atom. The SMILES string of the molecule is CN(CC(C)(C)O)c1nc(N)c(F)cc1F. The summed E-state index contributed by atoms with van der Waals surface area (Å²) in [6, 6.07) is 0.679. The monoisotopic (exact) mass is 231 g/mol. The van der Waals surface area contributed by atoms with E-state index in [0.717, 1.165) is 0 Å². The summed E-state index contributed by atoms with van der Waals surface area (Å²) in [5.74, 6) is -2.14. The standard InChI is InChI=1S/C10H15F2N3O/c1-10(2,16)5-15(3)9-7(12)4-6(11)8(13)14-9/h4,16H,5H2,1-3H3,(H2,13,14). The number of hydrogen-bond donors (Lipinski definition) is 2. The molecule has 0 amide bonds. The first-order valence-electron chi connectivity index (χ1n) is 4.76. The van der Waals surface area contributed by atoms with Crippen molar-refractivity contribution < 1.29 is 13.9 Å². The van der Waals surface area contributed by atoms with Gasteiger partial charge in [-0.05, 0) is 13.8 Å². The Hall–Kier alpha value is -1.43. The lowest BCUT2D eigenvalue weighted by atomic mass is 10.1. The van der Waals surface area contributed by atoms with E-state index in [9.17, 15) is 13.9 Å². The van der Waals surface area contributed by atoms with Crippen molar-refractivity contribution >= 4 is 11.6 Å². The van der Waals surface area contributed by atoms with Gasteiger partial charge < -0.3 is 15.7 Å². The molecule has 0 saturated carbocycles. The van der Waals surface area contributed by atoms with Gasteiger partial charge in [-0.25, -0.2) is 13.8 Å². The van der Waals surface area contributed by atoms with Gasteiger partial charge in [-0.15, -0.1) is 0 Å². The molecule has 0 aliphatic carbocycles. The fourth-order valence-corrected chi connectivity index (χ4v) is 1.39. The number of aromatic nitrogens is 1. The number of anilines is 2. The van der Waals surface area contributed by atoms with Crippen molar-refractivity contribution in [3.63, 3.8) is 0 Å². The highest BCUT2D eigenvalue weighted by atomic mass is 19.1. The number of nitrogens with two attached hydrogens (primary N) is 1. The van der Waals surface area contributed by atoms with Crippen molar-refractivity contribution in [2.24, 2.45) is 0 Å². The summed E-state index contributed by atoms with van der Waals surface area (Å²) < 4.78 is 26.2. The Balaban J connectivity index is 3.00. The molecule has 0 aliphatic heterocycles. The van der Waals surface area contributed by atoms with E-state index >= 15 is 0 Å². The lowest BCUT2D eigenvalue weighted by molar-refractivity contribution is 0.0883. The van der Waals surface area contributed by atoms with E-state index in [1.807, 2.05) is 0 Å². The molecule has 0 saturated heterocycles. The second-order valence-corrected chi connectivity index (χ2v) is 4.33. The van der Waals surface area contributed by atoms with Crippen molar-refractivity contribution in [2.45, 2.75) is 19.4 Å². The molecule has 0 atom stereocenters. The van der Waals surface area contributed by atoms with Crippen LogP contribution < -0.4 is 10.6 Å². The number of aliphatic hydroxyl groups is 1. The van der Waals surface area contributed by atoms with Gasteiger partial charge in [0.1, 0.15) is 0 Å². The molecule has 0 fully saturated rings. The van der Waals surface area contributed by atoms with E-state index < -0.39 is 17.2 Å². The van der Waals surface area contributed by atoms with Crippen molar-refractivity contribution in [1.29, 1.82) is 0 Å². The van der Waals surface area contributed by atoms with Crippen LogP contribution in [-0.4, -0.2) is 29.3 Å². The molecule has 1 aromatic heterocycles. The minimum atomic E-state index is -1.01. The Morgan fingerprint density at radius 1 is 1.44 bits per heavy atom. The van der Waals surface area contributed by atoms with Crippen molar-refractivity contribution in [3.8, 4) is 0 Å². The van der Waals surface area contributed by atoms with Gasteiger partial charge in [0, 0.05) is 19.7 Å². The molecule has 0 spiro atoms. The molecule has 1 rings (SSSR count). The summed E-state index contributed by atoms with van der Waals surface area (Å²) in [5.41, 5.74) is 4.24. The first-order valence-corrected chi connectivity index (χ1v) is 4.76. The second-order valence-electron chi connectivity index (χ2n) is 4.33. The molecule has 4 nitrogen and oxygen atoms in total. The van der Waals surface area contributed by atoms with E-state index in [2.05, 4.69) is 4.98 Å². The van der Waals surface area contributed by atoms with Crippen molar-refractivity contribution in [2.75, 3.05) is 24.2 Å². The fraction of sp³-hybridized carbons (Fsp3) is 0.500. The van der Waals surface area contributed by atoms with Crippen molar-refractivity contribution in [1.82, 2.24) is 4.98 Å². The van der Waals surface area contributed by atoms with E-state index in [4.69, 9.17) is 5.73 Å². The van der Waals surface area contributed by atoms with Crippen LogP contribution in [0.5, 0.6) is 0 Å². The van der Waals surface area contributed by atoms with Crippen LogP contribution in [0.4, 0.5) is 20.4 Å². The first kappa shape index (κ1) is 12.6. The number of hydrogen-bond acceptors (Lipinski definition) is 4. The number of pyridine rings is 1. The number of nitrogen functional groups attached to an aromatic ring is 1. The molecule has 0 bridgehead atoms. The van der Waals surface area contributed by atoms with Gasteiger partial charge in [0.05, 0.1) is 5.60 Å². The van der Waals surface area contributed by atoms with Gasteiger partial charge in [-0.2, -0.15) is 0 Å². The Bertz CT molecular complexity index is 390. The zero-order valence-corrected chi connectivity index (χ0v) is 9.46. The topological polar surface area (TPSA) is 62.4 Å². The summed E-state index contributed by atoms with van der Waals surface area (Å²) in [6.45, 7) is 3.31. The van der Waals surface area contributed by atoms with Crippen LogP contribution in [-0.2, 0) is 0 Å². The van der Waals surface area contributed by atoms with Crippen LogP contribution in [0.15, 0.2) is 6.07 Å². The summed E-state index contributed by atoms with van der Waals surface area (Å²) in [5, 5.41) is 9.57. The van der Waals surface area contributed by atoms with Gasteiger partial charge in [0.15, 0.2) is 23.3 Å². The third-order valence-electron chi connectivity index (χ3n) is 1.92. The van der Waals surface area contributed by atoms with Crippen LogP contribution in [0.3, 0.4) is 0 Å². The molecule has 16 heavy (non-hydrogen) atoms. The maximum absolute atomic E-state index is 13.4. The Labute approximate surface area is 92.7 Å². The smallest absolute Gasteiger partial charge is 0.168 e. The molecular weight excluding hydrogens is 216 g/mol. The highest BCUT2D eigenvalue weighted by Gasteiger charge is 2.20. The third-order valence-corrected chi connectivity index (χ3v) is 1.92. The van der Waals surface area contributed by atoms with E-state index in [1.54, 1.807) is 20.9 Å². The summed E-state index contributed by atoms with van der Waals surface area (Å²) in [4.78, 5) is 4.98. The molecule has 0 aromatic carbocycles. The highest BCUT2D eigenvalue weighted by Crippen LogP contribution is 2.20. The predicted octanol–water partition coefficient (Wildman–Crippen LogP) is 1.15. The number of rotatable bonds is 3. The third kappa shape index (κ3) is 3.03. The second kappa shape index (κ2) is 4.21. The zero-order valence-electron chi connectivity index (χ0n) is 9.46. The molecule has 3 N–H and O–H groups in total. The molecule has 0 aliphatic rings. The lowest BCUT2D eigenvalue weighted by Gasteiger charge is -2.26. The normalized spacial score (nSPS) is 11.6. The molecule has 0 radical (unpaired) electrons. The average Bonchev–Trinajstić information content (AvgIpc) is 2.08. The minimum absolute atomic E-state index is 0.0824. The first-order chi connectivity index (χ1) is 7.20. The maximum atomic E-state index is 13.4. The Kier molecular flexibility index (Phi) is 3.32. The average molecular weight is 231 g/mol. The summed E-state index contributed by atoms with van der Waals surface area (Å²) in [6.07, 6.45) is 0. The van der Waals surface area contributed by atoms with Gasteiger partial charge in [0.25, 0.3) is 0 Å².